The fourth-order valence-electron chi connectivity index (χ4n) is 16.3. The average molecular weight is 1950 g/mol. The third-order valence-electron chi connectivity index (χ3n) is 22.8. The summed E-state index contributed by atoms with van der Waals surface area (Å²) in [6, 6.07) is 89.7. The minimum absolute atomic E-state index is 0.360. The third kappa shape index (κ3) is 50.4. The first kappa shape index (κ1) is 129. The lowest BCUT2D eigenvalue weighted by molar-refractivity contribution is 0.174. The van der Waals surface area contributed by atoms with Crippen LogP contribution in [0.3, 0.4) is 0 Å². The Bertz CT molecular complexity index is 4530. The van der Waals surface area contributed by atoms with Crippen molar-refractivity contribution in [3.63, 3.8) is 0 Å². The zero-order chi connectivity index (χ0) is 105. The summed E-state index contributed by atoms with van der Waals surface area (Å²) in [6.07, 6.45) is 43.5. The molecular weight excluding hydrogens is 1750 g/mol. The smallest absolute Gasteiger partial charge is 0.231 e. The Morgan fingerprint density at radius 1 is 0.231 bits per heavy atom. The van der Waals surface area contributed by atoms with Gasteiger partial charge in [0.1, 0.15) is 30.5 Å². The molecule has 0 amide bonds. The lowest BCUT2D eigenvalue weighted by atomic mass is 9.92. The van der Waals surface area contributed by atoms with Crippen molar-refractivity contribution in [3.8, 4) is 40.2 Å². The lowest BCUT2D eigenvalue weighted by Crippen LogP contribution is -2.28. The molecule has 0 spiro atoms. The van der Waals surface area contributed by atoms with E-state index in [-0.39, 0.29) is 0 Å². The number of benzene rings is 10. The molecule has 0 fully saturated rings. The van der Waals surface area contributed by atoms with Crippen molar-refractivity contribution in [1.29, 1.82) is 0 Å². The van der Waals surface area contributed by atoms with Crippen molar-refractivity contribution in [2.75, 3.05) is 71.9 Å². The number of pyridine rings is 2. The molecule has 11 nitrogen and oxygen atoms in total. The summed E-state index contributed by atoms with van der Waals surface area (Å²) in [5.74, 6) is 6.49. The molecule has 11 heteroatoms. The van der Waals surface area contributed by atoms with Gasteiger partial charge in [0, 0.05) is 56.4 Å². The molecule has 12 aromatic rings. The summed E-state index contributed by atoms with van der Waals surface area (Å²) >= 11 is 0. The summed E-state index contributed by atoms with van der Waals surface area (Å²) in [5.41, 5.74) is 24.8. The van der Waals surface area contributed by atoms with Gasteiger partial charge in [0.15, 0.2) is 23.0 Å². The molecule has 0 atom stereocenters. The van der Waals surface area contributed by atoms with Crippen LogP contribution in [0.15, 0.2) is 292 Å². The molecule has 0 N–H and O–H groups in total. The van der Waals surface area contributed by atoms with Crippen molar-refractivity contribution in [2.45, 2.75) is 320 Å². The molecule has 782 valence electrons. The first-order valence-corrected chi connectivity index (χ1v) is 55.7. The highest BCUT2D eigenvalue weighted by atomic mass is 16.7. The van der Waals surface area contributed by atoms with Crippen LogP contribution in [0.25, 0.3) is 12.2 Å². The topological polar surface area (TPSA) is 96.9 Å². The van der Waals surface area contributed by atoms with Crippen LogP contribution in [0.1, 0.15) is 320 Å². The molecule has 6 aliphatic carbocycles. The van der Waals surface area contributed by atoms with Gasteiger partial charge in [-0.15, -0.1) is 0 Å². The number of likely N-dealkylation sites (N-methyl/N-ethyl adjacent to an activating group) is 2. The quantitative estimate of drug-likeness (QED) is 0.145. The maximum atomic E-state index is 5.45. The Labute approximate surface area is 873 Å². The van der Waals surface area contributed by atoms with E-state index >= 15 is 0 Å². The summed E-state index contributed by atoms with van der Waals surface area (Å²) in [4.78, 5) is 12.9. The van der Waals surface area contributed by atoms with Gasteiger partial charge in [-0.3, -0.25) is 9.97 Å². The van der Waals surface area contributed by atoms with Crippen molar-refractivity contribution in [3.05, 3.63) is 381 Å². The van der Waals surface area contributed by atoms with Crippen LogP contribution in [0.4, 0.5) is 5.69 Å². The summed E-state index contributed by atoms with van der Waals surface area (Å²) < 4.78 is 37.2. The number of fused-ring (bicyclic) bond motifs is 12. The van der Waals surface area contributed by atoms with Crippen LogP contribution in [-0.4, -0.2) is 81.9 Å². The number of aryl methyl sites for hydroxylation is 12. The molecule has 10 aromatic carbocycles. The van der Waals surface area contributed by atoms with Crippen LogP contribution in [0, 0.1) is 0 Å². The highest BCUT2D eigenvalue weighted by Crippen LogP contribution is 2.34. The van der Waals surface area contributed by atoms with Crippen molar-refractivity contribution in [1.82, 2.24) is 14.9 Å². The maximum Gasteiger partial charge on any atom is 0.231 e. The van der Waals surface area contributed by atoms with Crippen LogP contribution < -0.4 is 38.1 Å². The first-order valence-electron chi connectivity index (χ1n) is 55.7. The van der Waals surface area contributed by atoms with Gasteiger partial charge in [-0.1, -0.05) is 385 Å². The molecule has 0 radical (unpaired) electrons. The highest BCUT2D eigenvalue weighted by molar-refractivity contribution is 5.60. The summed E-state index contributed by atoms with van der Waals surface area (Å²) in [7, 11) is 4.26. The second-order valence-corrected chi connectivity index (χ2v) is 31.3. The Morgan fingerprint density at radius 3 is 1.05 bits per heavy atom. The number of para-hydroxylation sites is 8. The largest absolute Gasteiger partial charge is 0.493 e. The van der Waals surface area contributed by atoms with E-state index < -0.39 is 0 Å². The number of hydrogen-bond acceptors (Lipinski definition) is 11. The van der Waals surface area contributed by atoms with E-state index in [1.165, 1.54) is 203 Å². The van der Waals surface area contributed by atoms with Crippen LogP contribution in [-0.2, 0) is 90.0 Å². The molecule has 2 aromatic heterocycles. The Hall–Kier alpha value is -11.7. The fraction of sp³-hybridized carbons (Fsp3) is 0.439. The van der Waals surface area contributed by atoms with Gasteiger partial charge in [0.05, 0.1) is 32.1 Å². The Kier molecular flexibility index (Phi) is 79.7. The number of allylic oxidation sites excluding steroid dienone is 1. The predicted molar refractivity (Wildman–Crippen MR) is 625 cm³/mol. The number of rotatable bonds is 0. The molecule has 0 saturated heterocycles. The average Bonchev–Trinajstić information content (AvgIpc) is 1.45. The zero-order valence-electron chi connectivity index (χ0n) is 94.1. The van der Waals surface area contributed by atoms with Crippen molar-refractivity contribution < 1.29 is 33.2 Å². The maximum absolute atomic E-state index is 5.45. The Morgan fingerprint density at radius 2 is 0.580 bits per heavy atom. The number of anilines is 1. The van der Waals surface area contributed by atoms with E-state index in [4.69, 9.17) is 33.2 Å². The van der Waals surface area contributed by atoms with E-state index in [1.807, 2.05) is 300 Å². The van der Waals surface area contributed by atoms with E-state index in [2.05, 4.69) is 204 Å². The molecule has 6 aliphatic heterocycles. The molecule has 0 unspecified atom stereocenters. The number of aromatic nitrogens is 2. The first-order chi connectivity index (χ1) is 70.9. The van der Waals surface area contributed by atoms with E-state index in [9.17, 15) is 0 Å². The second-order valence-electron chi connectivity index (χ2n) is 31.3. The molecule has 0 bridgehead atoms. The number of hydrogen-bond donors (Lipinski definition) is 0. The monoisotopic (exact) mass is 1950 g/mol. The normalized spacial score (nSPS) is 13.5. The fourth-order valence-corrected chi connectivity index (χ4v) is 16.3. The second kappa shape index (κ2) is 88.1. The van der Waals surface area contributed by atoms with Gasteiger partial charge >= 0.3 is 0 Å². The standard InChI is InChI=1S/C10H13N.C10H12.C10H10.C9H11NO.C9H11N.C9H10O2.C9H10O.C9H8O.2C9H10.C8H9N.C7H6O2.12C2H6/c1-11-7-6-9-4-2-3-5-10(9)8-11;2*1-2-6-10-8-4-3-7-9(10)5-1;1-10-6-7-11-9-5-3-2-4-8(9)10;1-2-4-9-7-10-6-5-8(9)3-1;1-2-5-9-8(4-1)10-6-3-7-11-9;2*1-2-6-9-8(4-1)5-3-7-10-9;2*1-2-5-9-7-3-6-8(9)4-1;1-3-7-4-2-6-9-8(7)5-1;1-2-4-7-6(3-1)8-5-9-7;12*1-2/h2-5H,6-8H2,1H3;1-2,5-6H,3-4,7-8H2;1-3,5-7H,4,8H2;2-5H,6-7H2,1H3;5-7H,1-4H2;1-2,4-5H,3,6-7H2;1-2,4,6H,3,5,7H2;1-6H,7H2;2*1-2,4-5H,3,6-7H2;2,4,6H,1,3,5H2;1-4H,5H2;12*1-2H3. The summed E-state index contributed by atoms with van der Waals surface area (Å²) in [6.45, 7) is 55.6. The molecule has 143 heavy (non-hydrogen) atoms. The zero-order valence-corrected chi connectivity index (χ0v) is 94.1. The van der Waals surface area contributed by atoms with Crippen LogP contribution in [0.2, 0.25) is 0 Å². The molecular formula is C132H192N4O7. The highest BCUT2D eigenvalue weighted by Gasteiger charge is 2.17. The van der Waals surface area contributed by atoms with Gasteiger partial charge in [-0.05, 0) is 293 Å². The third-order valence-corrected chi connectivity index (χ3v) is 22.8. The Balaban J connectivity index is 0.000000765. The van der Waals surface area contributed by atoms with Crippen molar-refractivity contribution >= 4 is 17.8 Å². The van der Waals surface area contributed by atoms with Crippen molar-refractivity contribution in [2.24, 2.45) is 0 Å². The lowest BCUT2D eigenvalue weighted by Gasteiger charge is -2.27. The van der Waals surface area contributed by atoms with Gasteiger partial charge in [-0.25, -0.2) is 0 Å². The van der Waals surface area contributed by atoms with E-state index in [0.717, 1.165) is 92.6 Å². The predicted octanol–water partition coefficient (Wildman–Crippen LogP) is 36.0. The molecule has 8 heterocycles. The molecule has 24 rings (SSSR count). The summed E-state index contributed by atoms with van der Waals surface area (Å²) in [5, 5.41) is 0. The van der Waals surface area contributed by atoms with Gasteiger partial charge < -0.3 is 43.0 Å². The SMILES string of the molecule is C1=Cc2ccccc2CC1.C1=Cc2ccccc2OC1.CC.CC.CC.CC.CC.CC.CC.CC.CC.CC.CC.CC.CN1CCOc2ccccc21.CN1CCc2ccccc2C1.c1cc2c(cn1)CCCC2.c1ccc2c(c1)CCC2.c1ccc2c(c1)CCC2.c1ccc2c(c1)CCCC2.c1ccc2c(c1)CCCO2.c1ccc2c(c1)OCCCO2.c1ccc2c(c1)OCO2.c1cnc2c(c1)CCC2. The van der Waals surface area contributed by atoms with E-state index in [0.29, 0.717) is 13.4 Å². The van der Waals surface area contributed by atoms with Crippen LogP contribution >= 0.6 is 0 Å². The molecule has 0 saturated carbocycles. The minimum atomic E-state index is 0.360. The van der Waals surface area contributed by atoms with Gasteiger partial charge in [-0.2, -0.15) is 0 Å². The van der Waals surface area contributed by atoms with Gasteiger partial charge in [0.2, 0.25) is 6.79 Å². The number of ether oxygens (including phenoxy) is 7. The molecule has 12 aliphatic rings. The van der Waals surface area contributed by atoms with E-state index in [1.54, 1.807) is 33.4 Å². The van der Waals surface area contributed by atoms with Crippen LogP contribution in [0.5, 0.6) is 40.2 Å². The number of nitrogens with zero attached hydrogens (tertiary/aromatic N) is 4. The minimum Gasteiger partial charge on any atom is -0.493 e. The van der Waals surface area contributed by atoms with Gasteiger partial charge in [0.25, 0.3) is 0 Å².